The third-order valence-electron chi connectivity index (χ3n) is 11.6. The summed E-state index contributed by atoms with van der Waals surface area (Å²) < 4.78 is 15.9. The number of methoxy groups -OCH3 is 1. The first-order valence-electron chi connectivity index (χ1n) is 21.0. The molecule has 1 atom stereocenters. The highest BCUT2D eigenvalue weighted by Gasteiger charge is 2.40. The van der Waals surface area contributed by atoms with E-state index in [0.29, 0.717) is 43.9 Å². The van der Waals surface area contributed by atoms with Gasteiger partial charge in [0.25, 0.3) is 0 Å². The molecule has 1 unspecified atom stereocenters. The minimum Gasteiger partial charge on any atom is -0.496 e. The second-order valence-electron chi connectivity index (χ2n) is 15.8. The third-order valence-corrected chi connectivity index (χ3v) is 11.6. The second-order valence-corrected chi connectivity index (χ2v) is 15.8. The molecule has 1 aliphatic carbocycles. The fraction of sp³-hybridized carbons (Fsp3) is 0.447. The van der Waals surface area contributed by atoms with Gasteiger partial charge in [0.2, 0.25) is 0 Å². The molecular weight excluding hydrogens is 745 g/mol. The van der Waals surface area contributed by atoms with Crippen molar-refractivity contribution in [2.45, 2.75) is 118 Å². The maximum absolute atomic E-state index is 11.9. The van der Waals surface area contributed by atoms with Gasteiger partial charge in [-0.3, -0.25) is 9.59 Å². The van der Waals surface area contributed by atoms with Crippen molar-refractivity contribution in [3.63, 3.8) is 0 Å². The van der Waals surface area contributed by atoms with E-state index in [4.69, 9.17) is 19.4 Å². The van der Waals surface area contributed by atoms with Gasteiger partial charge < -0.3 is 28.8 Å². The molecule has 2 N–H and O–H groups in total. The average Bonchev–Trinajstić information content (AvgIpc) is 3.77. The molecule has 12 heteroatoms. The van der Waals surface area contributed by atoms with Crippen LogP contribution in [0.4, 0.5) is 0 Å². The number of benzene rings is 2. The zero-order valence-electron chi connectivity index (χ0n) is 35.3. The number of nitrogens with zero attached hydrogens (tertiary/aromatic N) is 6. The second kappa shape index (κ2) is 19.3. The van der Waals surface area contributed by atoms with Crippen LogP contribution >= 0.6 is 0 Å². The van der Waals surface area contributed by atoms with E-state index < -0.39 is 23.3 Å². The van der Waals surface area contributed by atoms with Crippen LogP contribution in [0, 0.1) is 19.3 Å². The molecule has 6 aromatic rings. The van der Waals surface area contributed by atoms with Gasteiger partial charge in [-0.1, -0.05) is 64.3 Å². The van der Waals surface area contributed by atoms with Gasteiger partial charge >= 0.3 is 11.9 Å². The molecular formula is C47H58N6O6. The zero-order chi connectivity index (χ0) is 42.1. The number of rotatable bonds is 16. The van der Waals surface area contributed by atoms with Crippen molar-refractivity contribution < 1.29 is 29.3 Å². The van der Waals surface area contributed by atoms with Gasteiger partial charge in [-0.15, -0.1) is 0 Å². The number of hydrogen-bond acceptors (Lipinski definition) is 8. The molecule has 0 bridgehead atoms. The van der Waals surface area contributed by atoms with Crippen molar-refractivity contribution in [1.29, 1.82) is 0 Å². The van der Waals surface area contributed by atoms with E-state index in [0.717, 1.165) is 107 Å². The standard InChI is InChI=1S/C25H31N3O3.C22H27N3O3/c1-3-7-21-27-22-18(2)12-15-26-23(22)28(21)16-19-8-10-20(11-9-19)31-17-25(24(29)30)13-5-4-6-14-25;1-5-7-19-24-20-14(3)10-11-23-21(20)25(19)13-16-9-8-15(12-18(16)28-4)17(6-2)22(26)27/h8-12,15H,3-7,13-14,16-17H2,1-2H3,(H,29,30);8-12,17H,5-7,13H2,1-4H3,(H,26,27). The Hall–Kier alpha value is -5.78. The molecule has 0 spiro atoms. The Bertz CT molecular complexity index is 2380. The van der Waals surface area contributed by atoms with Crippen molar-refractivity contribution in [2.24, 2.45) is 5.41 Å². The number of carboxylic acids is 2. The van der Waals surface area contributed by atoms with Crippen LogP contribution in [0.3, 0.4) is 0 Å². The lowest BCUT2D eigenvalue weighted by molar-refractivity contribution is -0.153. The summed E-state index contributed by atoms with van der Waals surface area (Å²) in [5, 5.41) is 19.2. The van der Waals surface area contributed by atoms with E-state index >= 15 is 0 Å². The van der Waals surface area contributed by atoms with E-state index in [-0.39, 0.29) is 6.61 Å². The summed E-state index contributed by atoms with van der Waals surface area (Å²) in [4.78, 5) is 42.2. The van der Waals surface area contributed by atoms with Crippen LogP contribution in [0.25, 0.3) is 22.3 Å². The first-order valence-corrected chi connectivity index (χ1v) is 21.0. The van der Waals surface area contributed by atoms with E-state index in [2.05, 4.69) is 39.9 Å². The average molecular weight is 803 g/mol. The molecule has 0 saturated heterocycles. The monoisotopic (exact) mass is 802 g/mol. The summed E-state index contributed by atoms with van der Waals surface area (Å²) in [5.41, 5.74) is 8.06. The van der Waals surface area contributed by atoms with Crippen molar-refractivity contribution >= 4 is 34.3 Å². The molecule has 7 rings (SSSR count). The highest BCUT2D eigenvalue weighted by Crippen LogP contribution is 2.37. The van der Waals surface area contributed by atoms with Gasteiger partial charge in [-0.05, 0) is 98.5 Å². The number of aromatic nitrogens is 6. The Morgan fingerprint density at radius 2 is 1.36 bits per heavy atom. The number of aliphatic carboxylic acids is 2. The Morgan fingerprint density at radius 1 is 0.780 bits per heavy atom. The smallest absolute Gasteiger partial charge is 0.313 e. The molecule has 0 radical (unpaired) electrons. The highest BCUT2D eigenvalue weighted by atomic mass is 16.5. The largest absolute Gasteiger partial charge is 0.496 e. The van der Waals surface area contributed by atoms with E-state index in [1.807, 2.05) is 80.8 Å². The van der Waals surface area contributed by atoms with E-state index in [1.54, 1.807) is 7.11 Å². The third kappa shape index (κ3) is 9.58. The molecule has 4 heterocycles. The molecule has 1 fully saturated rings. The first-order chi connectivity index (χ1) is 28.5. The number of pyridine rings is 2. The van der Waals surface area contributed by atoms with Crippen LogP contribution in [0.2, 0.25) is 0 Å². The lowest BCUT2D eigenvalue weighted by Gasteiger charge is -2.32. The number of aryl methyl sites for hydroxylation is 4. The molecule has 1 aliphatic rings. The van der Waals surface area contributed by atoms with Gasteiger partial charge in [-0.25, -0.2) is 19.9 Å². The topological polar surface area (TPSA) is 154 Å². The Labute approximate surface area is 346 Å². The fourth-order valence-corrected chi connectivity index (χ4v) is 8.10. The van der Waals surface area contributed by atoms with Gasteiger partial charge in [-0.2, -0.15) is 0 Å². The Morgan fingerprint density at radius 3 is 1.86 bits per heavy atom. The minimum absolute atomic E-state index is 0.234. The molecule has 59 heavy (non-hydrogen) atoms. The van der Waals surface area contributed by atoms with Crippen molar-refractivity contribution in [3.8, 4) is 11.5 Å². The van der Waals surface area contributed by atoms with Gasteiger partial charge in [0.15, 0.2) is 11.3 Å². The predicted octanol–water partition coefficient (Wildman–Crippen LogP) is 9.48. The van der Waals surface area contributed by atoms with E-state index in [9.17, 15) is 19.8 Å². The molecule has 0 amide bonds. The summed E-state index contributed by atoms with van der Waals surface area (Å²) in [6.45, 7) is 11.8. The van der Waals surface area contributed by atoms with Crippen LogP contribution in [0.15, 0.2) is 67.0 Å². The van der Waals surface area contributed by atoms with Crippen molar-refractivity contribution in [1.82, 2.24) is 29.1 Å². The van der Waals surface area contributed by atoms with E-state index in [1.165, 1.54) is 0 Å². The van der Waals surface area contributed by atoms with Gasteiger partial charge in [0.1, 0.15) is 46.2 Å². The Kier molecular flexibility index (Phi) is 14.0. The molecule has 4 aromatic heterocycles. The normalized spacial score (nSPS) is 14.1. The molecule has 0 aliphatic heterocycles. The summed E-state index contributed by atoms with van der Waals surface area (Å²) >= 11 is 0. The maximum atomic E-state index is 11.9. The van der Waals surface area contributed by atoms with Crippen LogP contribution in [-0.4, -0.2) is 64.9 Å². The number of imidazole rings is 2. The van der Waals surface area contributed by atoms with Gasteiger partial charge in [0.05, 0.1) is 26.1 Å². The van der Waals surface area contributed by atoms with Crippen LogP contribution in [0.5, 0.6) is 11.5 Å². The SMILES string of the molecule is CCCc1nc2c(C)ccnc2n1Cc1ccc(C(CC)C(=O)O)cc1OC.CCCc1nc2c(C)ccnc2n1Cc1ccc(OCC2(C(=O)O)CCCCC2)cc1. The highest BCUT2D eigenvalue weighted by molar-refractivity contribution is 5.77. The summed E-state index contributed by atoms with van der Waals surface area (Å²) in [6, 6.07) is 17.6. The number of carbonyl (C=O) groups is 2. The lowest BCUT2D eigenvalue weighted by atomic mass is 9.75. The number of carboxylic acid groups (broad SMARTS) is 2. The van der Waals surface area contributed by atoms with Crippen molar-refractivity contribution in [2.75, 3.05) is 13.7 Å². The lowest BCUT2D eigenvalue weighted by Crippen LogP contribution is -2.38. The predicted molar refractivity (Wildman–Crippen MR) is 229 cm³/mol. The minimum atomic E-state index is -0.817. The first kappa shape index (κ1) is 42.8. The van der Waals surface area contributed by atoms with Crippen LogP contribution in [0.1, 0.15) is 118 Å². The number of hydrogen-bond donors (Lipinski definition) is 2. The fourth-order valence-electron chi connectivity index (χ4n) is 8.10. The molecule has 2 aromatic carbocycles. The number of fused-ring (bicyclic) bond motifs is 2. The molecule has 312 valence electrons. The summed E-state index contributed by atoms with van der Waals surface area (Å²) in [5.74, 6) is 1.38. The summed E-state index contributed by atoms with van der Waals surface area (Å²) in [6.07, 6.45) is 12.4. The summed E-state index contributed by atoms with van der Waals surface area (Å²) in [7, 11) is 1.62. The van der Waals surface area contributed by atoms with Crippen LogP contribution in [-0.2, 0) is 35.5 Å². The molecule has 12 nitrogen and oxygen atoms in total. The molecule has 1 saturated carbocycles. The van der Waals surface area contributed by atoms with Crippen LogP contribution < -0.4 is 9.47 Å². The zero-order valence-corrected chi connectivity index (χ0v) is 35.3. The van der Waals surface area contributed by atoms with Crippen molar-refractivity contribution in [3.05, 3.63) is 106 Å². The van der Waals surface area contributed by atoms with Gasteiger partial charge in [0, 0.05) is 30.8 Å². The number of ether oxygens (including phenoxy) is 2. The quantitative estimate of drug-likeness (QED) is 0.0967. The Balaban J connectivity index is 0.000000199. The maximum Gasteiger partial charge on any atom is 0.313 e.